The molecule has 0 aliphatic heterocycles. The number of ether oxygens (including phenoxy) is 2. The normalized spacial score (nSPS) is 11.0. The van der Waals surface area contributed by atoms with Crippen molar-refractivity contribution in [3.63, 3.8) is 0 Å². The van der Waals surface area contributed by atoms with Crippen molar-refractivity contribution in [2.45, 2.75) is 6.36 Å². The fraction of sp³-hybridized carbons (Fsp3) is 0.0909. The highest BCUT2D eigenvalue weighted by molar-refractivity contribution is 5.99. The first-order chi connectivity index (χ1) is 13.8. The Balaban J connectivity index is 1.56. The van der Waals surface area contributed by atoms with Crippen LogP contribution in [0.3, 0.4) is 0 Å². The van der Waals surface area contributed by atoms with Gasteiger partial charge in [-0.3, -0.25) is 4.79 Å². The standard InChI is InChI=1S/C22H15F3O4/c23-22(24,25)29-19-12-10-18(11-13-19)21(27)28-14-20(26)17-8-6-16(7-9-17)15-4-2-1-3-5-15/h1-13H,14H2. The van der Waals surface area contributed by atoms with Gasteiger partial charge in [0.15, 0.2) is 12.4 Å². The Hall–Kier alpha value is -3.61. The molecule has 7 heteroatoms. The number of halogens is 3. The molecule has 0 heterocycles. The van der Waals surface area contributed by atoms with Crippen molar-refractivity contribution in [2.24, 2.45) is 0 Å². The van der Waals surface area contributed by atoms with Crippen LogP contribution in [0.1, 0.15) is 20.7 Å². The second-order valence-electron chi connectivity index (χ2n) is 6.01. The Labute approximate surface area is 164 Å². The molecule has 3 aromatic carbocycles. The highest BCUT2D eigenvalue weighted by Gasteiger charge is 2.31. The number of alkyl halides is 3. The Morgan fingerprint density at radius 1 is 0.724 bits per heavy atom. The van der Waals surface area contributed by atoms with Gasteiger partial charge in [0.25, 0.3) is 0 Å². The molecule has 0 unspecified atom stereocenters. The number of ketones is 1. The van der Waals surface area contributed by atoms with E-state index >= 15 is 0 Å². The minimum Gasteiger partial charge on any atom is -0.454 e. The first-order valence-corrected chi connectivity index (χ1v) is 8.53. The van der Waals surface area contributed by atoms with Gasteiger partial charge in [0.2, 0.25) is 0 Å². The van der Waals surface area contributed by atoms with Crippen molar-refractivity contribution < 1.29 is 32.2 Å². The van der Waals surface area contributed by atoms with E-state index < -0.39 is 30.5 Å². The lowest BCUT2D eigenvalue weighted by Crippen LogP contribution is -2.17. The molecule has 0 aliphatic rings. The Kier molecular flexibility index (Phi) is 5.97. The zero-order valence-electron chi connectivity index (χ0n) is 15.0. The van der Waals surface area contributed by atoms with Gasteiger partial charge in [-0.1, -0.05) is 54.6 Å². The van der Waals surface area contributed by atoms with Gasteiger partial charge in [-0.2, -0.15) is 0 Å². The van der Waals surface area contributed by atoms with Gasteiger partial charge in [0, 0.05) is 5.56 Å². The SMILES string of the molecule is O=C(COC(=O)c1ccc(OC(F)(F)F)cc1)c1ccc(-c2ccccc2)cc1. The molecule has 3 rings (SSSR count). The molecule has 29 heavy (non-hydrogen) atoms. The fourth-order valence-electron chi connectivity index (χ4n) is 2.57. The van der Waals surface area contributed by atoms with Crippen LogP contribution in [0.25, 0.3) is 11.1 Å². The number of hydrogen-bond acceptors (Lipinski definition) is 4. The van der Waals surface area contributed by atoms with Crippen molar-refractivity contribution in [1.29, 1.82) is 0 Å². The number of rotatable bonds is 6. The minimum atomic E-state index is -4.81. The van der Waals surface area contributed by atoms with E-state index in [9.17, 15) is 22.8 Å². The Morgan fingerprint density at radius 3 is 1.86 bits per heavy atom. The third-order valence-electron chi connectivity index (χ3n) is 3.97. The van der Waals surface area contributed by atoms with E-state index in [4.69, 9.17) is 4.74 Å². The molecule has 0 spiro atoms. The maximum Gasteiger partial charge on any atom is 0.573 e. The molecule has 0 N–H and O–H groups in total. The van der Waals surface area contributed by atoms with E-state index in [1.807, 2.05) is 30.3 Å². The Bertz CT molecular complexity index is 979. The second kappa shape index (κ2) is 8.60. The summed E-state index contributed by atoms with van der Waals surface area (Å²) in [6.07, 6.45) is -4.81. The average molecular weight is 400 g/mol. The second-order valence-corrected chi connectivity index (χ2v) is 6.01. The highest BCUT2D eigenvalue weighted by atomic mass is 19.4. The lowest BCUT2D eigenvalue weighted by molar-refractivity contribution is -0.274. The van der Waals surface area contributed by atoms with Crippen LogP contribution in [0.15, 0.2) is 78.9 Å². The van der Waals surface area contributed by atoms with Gasteiger partial charge >= 0.3 is 12.3 Å². The molecule has 3 aromatic rings. The van der Waals surface area contributed by atoms with Crippen LogP contribution < -0.4 is 4.74 Å². The maximum absolute atomic E-state index is 12.2. The number of benzene rings is 3. The van der Waals surface area contributed by atoms with Crippen LogP contribution >= 0.6 is 0 Å². The summed E-state index contributed by atoms with van der Waals surface area (Å²) in [6.45, 7) is -0.482. The maximum atomic E-state index is 12.2. The summed E-state index contributed by atoms with van der Waals surface area (Å²) in [5, 5.41) is 0. The van der Waals surface area contributed by atoms with Gasteiger partial charge in [-0.15, -0.1) is 13.2 Å². The summed E-state index contributed by atoms with van der Waals surface area (Å²) in [5.41, 5.74) is 2.34. The van der Waals surface area contributed by atoms with Gasteiger partial charge in [-0.25, -0.2) is 4.79 Å². The predicted molar refractivity (Wildman–Crippen MR) is 99.6 cm³/mol. The fourth-order valence-corrected chi connectivity index (χ4v) is 2.57. The molecule has 0 saturated heterocycles. The van der Waals surface area contributed by atoms with Gasteiger partial charge < -0.3 is 9.47 Å². The number of hydrogen-bond donors (Lipinski definition) is 0. The van der Waals surface area contributed by atoms with Crippen molar-refractivity contribution in [2.75, 3.05) is 6.61 Å². The number of carbonyl (C=O) groups excluding carboxylic acids is 2. The molecule has 0 saturated carbocycles. The smallest absolute Gasteiger partial charge is 0.454 e. The molecular formula is C22H15F3O4. The van der Waals surface area contributed by atoms with Crippen LogP contribution in [0.4, 0.5) is 13.2 Å². The van der Waals surface area contributed by atoms with Crippen LogP contribution in [0, 0.1) is 0 Å². The van der Waals surface area contributed by atoms with Gasteiger partial charge in [0.05, 0.1) is 5.56 Å². The summed E-state index contributed by atoms with van der Waals surface area (Å²) in [5.74, 6) is -1.67. The third-order valence-corrected chi connectivity index (χ3v) is 3.97. The van der Waals surface area contributed by atoms with E-state index in [-0.39, 0.29) is 5.56 Å². The summed E-state index contributed by atoms with van der Waals surface area (Å²) in [4.78, 5) is 24.2. The van der Waals surface area contributed by atoms with Crippen LogP contribution in [-0.4, -0.2) is 24.7 Å². The molecule has 0 aromatic heterocycles. The minimum absolute atomic E-state index is 0.00625. The van der Waals surface area contributed by atoms with Crippen molar-refractivity contribution in [3.05, 3.63) is 90.0 Å². The van der Waals surface area contributed by atoms with Crippen LogP contribution in [0.2, 0.25) is 0 Å². The van der Waals surface area contributed by atoms with Crippen molar-refractivity contribution >= 4 is 11.8 Å². The van der Waals surface area contributed by atoms with E-state index in [0.717, 1.165) is 35.4 Å². The summed E-state index contributed by atoms with van der Waals surface area (Å²) in [6, 6.07) is 20.7. The summed E-state index contributed by atoms with van der Waals surface area (Å²) in [7, 11) is 0. The molecule has 0 radical (unpaired) electrons. The first kappa shape index (κ1) is 20.1. The van der Waals surface area contributed by atoms with Crippen molar-refractivity contribution in [3.8, 4) is 16.9 Å². The van der Waals surface area contributed by atoms with Gasteiger partial charge in [0.1, 0.15) is 5.75 Å². The predicted octanol–water partition coefficient (Wildman–Crippen LogP) is 5.29. The number of Topliss-reactive ketones (excluding diaryl/α,β-unsaturated/α-hetero) is 1. The summed E-state index contributed by atoms with van der Waals surface area (Å²) >= 11 is 0. The zero-order chi connectivity index (χ0) is 20.9. The quantitative estimate of drug-likeness (QED) is 0.417. The lowest BCUT2D eigenvalue weighted by atomic mass is 10.0. The monoisotopic (exact) mass is 400 g/mol. The van der Waals surface area contributed by atoms with Crippen molar-refractivity contribution in [1.82, 2.24) is 0 Å². The van der Waals surface area contributed by atoms with Crippen LogP contribution in [0.5, 0.6) is 5.75 Å². The number of esters is 1. The molecule has 4 nitrogen and oxygen atoms in total. The third kappa shape index (κ3) is 5.68. The zero-order valence-corrected chi connectivity index (χ0v) is 15.0. The molecule has 0 bridgehead atoms. The number of carbonyl (C=O) groups is 2. The topological polar surface area (TPSA) is 52.6 Å². The average Bonchev–Trinajstić information content (AvgIpc) is 2.72. The molecule has 148 valence electrons. The first-order valence-electron chi connectivity index (χ1n) is 8.53. The Morgan fingerprint density at radius 2 is 1.28 bits per heavy atom. The van der Waals surface area contributed by atoms with E-state index in [1.165, 1.54) is 0 Å². The molecule has 0 atom stereocenters. The molecule has 0 fully saturated rings. The largest absolute Gasteiger partial charge is 0.573 e. The van der Waals surface area contributed by atoms with E-state index in [2.05, 4.69) is 4.74 Å². The van der Waals surface area contributed by atoms with Gasteiger partial charge in [-0.05, 0) is 35.4 Å². The van der Waals surface area contributed by atoms with Crippen LogP contribution in [-0.2, 0) is 4.74 Å². The molecular weight excluding hydrogens is 385 g/mol. The molecule has 0 amide bonds. The highest BCUT2D eigenvalue weighted by Crippen LogP contribution is 2.23. The van der Waals surface area contributed by atoms with E-state index in [0.29, 0.717) is 5.56 Å². The molecule has 0 aliphatic carbocycles. The lowest BCUT2D eigenvalue weighted by Gasteiger charge is -2.09. The summed E-state index contributed by atoms with van der Waals surface area (Å²) < 4.78 is 45.1. The van der Waals surface area contributed by atoms with E-state index in [1.54, 1.807) is 24.3 Å².